The number of amides is 3. The third kappa shape index (κ3) is 11.2. The van der Waals surface area contributed by atoms with Crippen LogP contribution in [-0.2, 0) is 27.2 Å². The molecule has 2 rings (SSSR count). The summed E-state index contributed by atoms with van der Waals surface area (Å²) >= 11 is 0. The number of hydrogen-bond donors (Lipinski definition) is 4. The van der Waals surface area contributed by atoms with Crippen LogP contribution in [0.15, 0.2) is 48.5 Å². The normalized spacial score (nSPS) is 12.3. The lowest BCUT2D eigenvalue weighted by molar-refractivity contribution is -0.130. The number of carbonyl (C=O) groups excluding carboxylic acids is 3. The van der Waals surface area contributed by atoms with Gasteiger partial charge in [-0.3, -0.25) is 14.4 Å². The highest BCUT2D eigenvalue weighted by molar-refractivity contribution is 5.98. The van der Waals surface area contributed by atoms with Crippen molar-refractivity contribution in [2.24, 2.45) is 11.7 Å². The Kier molecular flexibility index (Phi) is 13.7. The number of nitrogens with two attached hydrogens (primary N) is 1. The predicted molar refractivity (Wildman–Crippen MR) is 150 cm³/mol. The van der Waals surface area contributed by atoms with Crippen molar-refractivity contribution in [3.05, 3.63) is 59.7 Å². The second-order valence-corrected chi connectivity index (χ2v) is 9.71. The molecule has 0 bridgehead atoms. The zero-order chi connectivity index (χ0) is 26.7. The van der Waals surface area contributed by atoms with Gasteiger partial charge in [0.2, 0.25) is 17.7 Å². The van der Waals surface area contributed by atoms with Gasteiger partial charge in [0.15, 0.2) is 0 Å². The molecule has 0 fully saturated rings. The molecule has 8 nitrogen and oxygen atoms in total. The third-order valence-electron chi connectivity index (χ3n) is 6.06. The van der Waals surface area contributed by atoms with Crippen molar-refractivity contribution in [1.29, 1.82) is 0 Å². The number of para-hydroxylation sites is 1. The maximum atomic E-state index is 12.8. The Hall–Kier alpha value is -3.10. The van der Waals surface area contributed by atoms with Crippen molar-refractivity contribution in [1.82, 2.24) is 10.2 Å². The summed E-state index contributed by atoms with van der Waals surface area (Å²) in [5, 5.41) is 14.9. The number of aromatic hydroxyl groups is 1. The van der Waals surface area contributed by atoms with Crippen molar-refractivity contribution in [3.63, 3.8) is 0 Å². The van der Waals surface area contributed by atoms with Gasteiger partial charge in [-0.05, 0) is 67.9 Å². The molecule has 5 N–H and O–H groups in total. The van der Waals surface area contributed by atoms with E-state index in [-0.39, 0.29) is 36.4 Å². The molecule has 0 unspecified atom stereocenters. The predicted octanol–water partition coefficient (Wildman–Crippen LogP) is 3.65. The van der Waals surface area contributed by atoms with Crippen LogP contribution in [0.2, 0.25) is 0 Å². The van der Waals surface area contributed by atoms with Crippen molar-refractivity contribution >= 4 is 35.8 Å². The topological polar surface area (TPSA) is 125 Å². The number of benzene rings is 2. The first kappa shape index (κ1) is 31.9. The van der Waals surface area contributed by atoms with E-state index >= 15 is 0 Å². The van der Waals surface area contributed by atoms with Gasteiger partial charge in [-0.1, -0.05) is 44.2 Å². The standard InChI is InChI=1S/C28H40N4O4.ClH/c1-19(2)16-17-32(4)26(34)11-7-9-22-8-5-6-10-25(22)31-27(35)20(3)30-28(36)24(29)18-21-12-14-23(33)15-13-21;/h5-6,8,10,12-15,19-20,24,33H,7,9,11,16-18,29H2,1-4H3,(H,30,36)(H,31,35);1H/t20-,24-;/m0./s1. The number of hydrogen-bond acceptors (Lipinski definition) is 5. The number of nitrogens with zero attached hydrogens (tertiary/aromatic N) is 1. The van der Waals surface area contributed by atoms with Crippen molar-refractivity contribution in [3.8, 4) is 5.75 Å². The molecule has 37 heavy (non-hydrogen) atoms. The smallest absolute Gasteiger partial charge is 0.246 e. The van der Waals surface area contributed by atoms with E-state index in [0.717, 1.165) is 24.1 Å². The van der Waals surface area contributed by atoms with Crippen molar-refractivity contribution in [2.45, 2.75) is 65.0 Å². The van der Waals surface area contributed by atoms with Crippen LogP contribution >= 0.6 is 12.4 Å². The number of halogens is 1. The van der Waals surface area contributed by atoms with Crippen LogP contribution in [0, 0.1) is 5.92 Å². The highest BCUT2D eigenvalue weighted by Gasteiger charge is 2.21. The van der Waals surface area contributed by atoms with E-state index in [0.29, 0.717) is 30.9 Å². The van der Waals surface area contributed by atoms with Gasteiger partial charge >= 0.3 is 0 Å². The number of rotatable bonds is 13. The molecule has 0 spiro atoms. The van der Waals surface area contributed by atoms with Crippen LogP contribution in [0.1, 0.15) is 51.2 Å². The molecule has 9 heteroatoms. The van der Waals surface area contributed by atoms with Gasteiger partial charge in [-0.15, -0.1) is 12.4 Å². The summed E-state index contributed by atoms with van der Waals surface area (Å²) in [6.45, 7) is 6.64. The van der Waals surface area contributed by atoms with Crippen molar-refractivity contribution < 1.29 is 19.5 Å². The Morgan fingerprint density at radius 1 is 1.00 bits per heavy atom. The fourth-order valence-electron chi connectivity index (χ4n) is 3.66. The van der Waals surface area contributed by atoms with Crippen LogP contribution < -0.4 is 16.4 Å². The molecule has 0 aliphatic carbocycles. The maximum absolute atomic E-state index is 12.8. The minimum Gasteiger partial charge on any atom is -0.508 e. The van der Waals surface area contributed by atoms with Gasteiger partial charge in [0.1, 0.15) is 11.8 Å². The van der Waals surface area contributed by atoms with E-state index in [2.05, 4.69) is 24.5 Å². The average Bonchev–Trinajstić information content (AvgIpc) is 2.84. The van der Waals surface area contributed by atoms with Gasteiger partial charge in [0.25, 0.3) is 0 Å². The number of nitrogens with one attached hydrogen (secondary N) is 2. The summed E-state index contributed by atoms with van der Waals surface area (Å²) in [6, 6.07) is 12.3. The summed E-state index contributed by atoms with van der Waals surface area (Å²) in [7, 11) is 1.84. The fraction of sp³-hybridized carbons (Fsp3) is 0.464. The second kappa shape index (κ2) is 15.9. The lowest BCUT2D eigenvalue weighted by Crippen LogP contribution is -2.49. The quantitative estimate of drug-likeness (QED) is 0.313. The summed E-state index contributed by atoms with van der Waals surface area (Å²) in [4.78, 5) is 39.4. The first-order chi connectivity index (χ1) is 17.1. The molecule has 2 aromatic rings. The molecule has 2 atom stereocenters. The third-order valence-corrected chi connectivity index (χ3v) is 6.06. The Labute approximate surface area is 226 Å². The van der Waals surface area contributed by atoms with E-state index in [1.165, 1.54) is 12.1 Å². The fourth-order valence-corrected chi connectivity index (χ4v) is 3.66. The van der Waals surface area contributed by atoms with E-state index in [4.69, 9.17) is 5.73 Å². The van der Waals surface area contributed by atoms with Gasteiger partial charge in [0.05, 0.1) is 6.04 Å². The number of phenols is 1. The van der Waals surface area contributed by atoms with Crippen LogP contribution in [0.3, 0.4) is 0 Å². The molecule has 0 radical (unpaired) electrons. The van der Waals surface area contributed by atoms with E-state index in [9.17, 15) is 19.5 Å². The lowest BCUT2D eigenvalue weighted by atomic mass is 10.0. The lowest BCUT2D eigenvalue weighted by Gasteiger charge is -2.19. The number of carbonyl (C=O) groups is 3. The van der Waals surface area contributed by atoms with Gasteiger partial charge in [0, 0.05) is 25.7 Å². The molecule has 0 heterocycles. The maximum Gasteiger partial charge on any atom is 0.246 e. The minimum absolute atomic E-state index is 0. The van der Waals surface area contributed by atoms with Gasteiger partial charge in [-0.25, -0.2) is 0 Å². The zero-order valence-electron chi connectivity index (χ0n) is 22.2. The number of phenolic OH excluding ortho intramolecular Hbond substituents is 1. The molecule has 2 aromatic carbocycles. The van der Waals surface area contributed by atoms with Crippen LogP contribution in [0.5, 0.6) is 5.75 Å². The Balaban J connectivity index is 0.00000684. The van der Waals surface area contributed by atoms with Crippen molar-refractivity contribution in [2.75, 3.05) is 18.9 Å². The molecule has 204 valence electrons. The molecule has 0 aliphatic rings. The molecule has 3 amide bonds. The summed E-state index contributed by atoms with van der Waals surface area (Å²) < 4.78 is 0. The van der Waals surface area contributed by atoms with Crippen LogP contribution in [0.25, 0.3) is 0 Å². The molecule has 0 saturated heterocycles. The second-order valence-electron chi connectivity index (χ2n) is 9.71. The van der Waals surface area contributed by atoms with Gasteiger partial charge in [-0.2, -0.15) is 0 Å². The Morgan fingerprint density at radius 3 is 2.30 bits per heavy atom. The van der Waals surface area contributed by atoms with E-state index < -0.39 is 18.0 Å². The highest BCUT2D eigenvalue weighted by atomic mass is 35.5. The minimum atomic E-state index is -0.826. The average molecular weight is 533 g/mol. The Bertz CT molecular complexity index is 1010. The first-order valence-electron chi connectivity index (χ1n) is 12.5. The van der Waals surface area contributed by atoms with E-state index in [1.54, 1.807) is 24.0 Å². The number of aryl methyl sites for hydroxylation is 1. The molecule has 0 saturated carbocycles. The summed E-state index contributed by atoms with van der Waals surface area (Å²) in [5.74, 6) is 0.0363. The monoisotopic (exact) mass is 532 g/mol. The van der Waals surface area contributed by atoms with Gasteiger partial charge < -0.3 is 26.4 Å². The van der Waals surface area contributed by atoms with Crippen LogP contribution in [-0.4, -0.2) is 53.4 Å². The molecular formula is C28H41ClN4O4. The molecular weight excluding hydrogens is 492 g/mol. The summed E-state index contributed by atoms with van der Waals surface area (Å²) in [6.07, 6.45) is 3.04. The van der Waals surface area contributed by atoms with Crippen LogP contribution in [0.4, 0.5) is 5.69 Å². The largest absolute Gasteiger partial charge is 0.508 e. The van der Waals surface area contributed by atoms with E-state index in [1.807, 2.05) is 31.3 Å². The Morgan fingerprint density at radius 2 is 1.65 bits per heavy atom. The highest BCUT2D eigenvalue weighted by Crippen LogP contribution is 2.18. The first-order valence-corrected chi connectivity index (χ1v) is 12.5. The summed E-state index contributed by atoms with van der Waals surface area (Å²) in [5.41, 5.74) is 8.42. The SMILES string of the molecule is CC(C)CCN(C)C(=O)CCCc1ccccc1NC(=O)[C@H](C)NC(=O)[C@@H](N)Cc1ccc(O)cc1.Cl. The molecule has 0 aromatic heterocycles. The number of anilines is 1. The zero-order valence-corrected chi connectivity index (χ0v) is 23.0. The molecule has 0 aliphatic heterocycles.